The van der Waals surface area contributed by atoms with Gasteiger partial charge in [0.1, 0.15) is 12.4 Å². The molecule has 23 heavy (non-hydrogen) atoms. The van der Waals surface area contributed by atoms with Gasteiger partial charge in [-0.1, -0.05) is 30.5 Å². The van der Waals surface area contributed by atoms with E-state index in [9.17, 15) is 9.90 Å². The van der Waals surface area contributed by atoms with Gasteiger partial charge in [-0.3, -0.25) is 0 Å². The molecule has 126 valence electrons. The van der Waals surface area contributed by atoms with Crippen LogP contribution >= 0.6 is 0 Å². The van der Waals surface area contributed by atoms with Crippen LogP contribution in [0.2, 0.25) is 0 Å². The number of hydrogen-bond donors (Lipinski definition) is 2. The van der Waals surface area contributed by atoms with Crippen LogP contribution in [0.15, 0.2) is 18.2 Å². The van der Waals surface area contributed by atoms with Crippen LogP contribution in [-0.2, 0) is 0 Å². The molecule has 0 aromatic heterocycles. The molecule has 1 saturated carbocycles. The van der Waals surface area contributed by atoms with E-state index in [1.807, 2.05) is 19.1 Å². The zero-order chi connectivity index (χ0) is 16.4. The monoisotopic (exact) mass is 318 g/mol. The van der Waals surface area contributed by atoms with E-state index in [2.05, 4.69) is 11.4 Å². The van der Waals surface area contributed by atoms with Crippen molar-refractivity contribution in [3.8, 4) is 5.75 Å². The Hall–Kier alpha value is -1.75. The van der Waals surface area contributed by atoms with Crippen LogP contribution in [0.5, 0.6) is 5.75 Å². The molecule has 1 aromatic rings. The van der Waals surface area contributed by atoms with Crippen molar-refractivity contribution in [2.45, 2.75) is 44.8 Å². The van der Waals surface area contributed by atoms with Gasteiger partial charge in [-0.05, 0) is 25.8 Å². The molecule has 5 nitrogen and oxygen atoms in total. The number of ether oxygens (including phenoxy) is 1. The van der Waals surface area contributed by atoms with E-state index in [1.54, 1.807) is 11.9 Å². The van der Waals surface area contributed by atoms with Crippen LogP contribution in [0.25, 0.3) is 0 Å². The Bertz CT molecular complexity index is 575. The molecule has 0 saturated heterocycles. The van der Waals surface area contributed by atoms with Crippen molar-refractivity contribution < 1.29 is 14.6 Å². The zero-order valence-corrected chi connectivity index (χ0v) is 13.9. The van der Waals surface area contributed by atoms with Crippen molar-refractivity contribution in [1.82, 2.24) is 10.2 Å². The highest BCUT2D eigenvalue weighted by molar-refractivity contribution is 5.74. The predicted octanol–water partition coefficient (Wildman–Crippen LogP) is 2.62. The normalized spacial score (nSPS) is 26.3. The molecule has 1 fully saturated rings. The highest BCUT2D eigenvalue weighted by atomic mass is 16.5. The Morgan fingerprint density at radius 1 is 1.39 bits per heavy atom. The maximum atomic E-state index is 12.5. The van der Waals surface area contributed by atoms with Crippen molar-refractivity contribution in [3.05, 3.63) is 29.3 Å². The Kier molecular flexibility index (Phi) is 4.76. The summed E-state index contributed by atoms with van der Waals surface area (Å²) < 4.78 is 5.64. The van der Waals surface area contributed by atoms with Gasteiger partial charge in [-0.15, -0.1) is 0 Å². The number of nitrogens with zero attached hydrogens (tertiary/aromatic N) is 1. The van der Waals surface area contributed by atoms with E-state index in [0.717, 1.165) is 42.6 Å². The van der Waals surface area contributed by atoms with Crippen LogP contribution in [0.3, 0.4) is 0 Å². The summed E-state index contributed by atoms with van der Waals surface area (Å²) in [5.41, 5.74) is 2.21. The van der Waals surface area contributed by atoms with E-state index in [4.69, 9.17) is 4.74 Å². The van der Waals surface area contributed by atoms with Crippen molar-refractivity contribution in [1.29, 1.82) is 0 Å². The number of nitrogens with one attached hydrogen (secondary N) is 1. The molecule has 2 aliphatic rings. The number of aliphatic hydroxyl groups is 1. The van der Waals surface area contributed by atoms with Crippen molar-refractivity contribution >= 4 is 6.03 Å². The first kappa shape index (κ1) is 16.1. The van der Waals surface area contributed by atoms with Crippen LogP contribution in [0, 0.1) is 12.8 Å². The SMILES string of the molecule is Cc1ccc2c(c1)C(NC(=O)N(C)CC1CCCCC1O)CO2. The molecule has 1 aliphatic heterocycles. The number of rotatable bonds is 3. The molecule has 2 N–H and O–H groups in total. The molecule has 0 bridgehead atoms. The first-order chi connectivity index (χ1) is 11.0. The molecular formula is C18H26N2O3. The van der Waals surface area contributed by atoms with Crippen molar-refractivity contribution in [3.63, 3.8) is 0 Å². The second-order valence-electron chi connectivity index (χ2n) is 6.85. The quantitative estimate of drug-likeness (QED) is 0.900. The highest BCUT2D eigenvalue weighted by Crippen LogP contribution is 2.33. The standard InChI is InChI=1S/C18H26N2O3/c1-12-7-8-17-14(9-12)15(11-23-17)19-18(22)20(2)10-13-5-3-4-6-16(13)21/h7-9,13,15-16,21H,3-6,10-11H2,1-2H3,(H,19,22). The van der Waals surface area contributed by atoms with E-state index in [-0.39, 0.29) is 24.1 Å². The minimum absolute atomic E-state index is 0.101. The number of fused-ring (bicyclic) bond motifs is 1. The number of aliphatic hydroxyl groups excluding tert-OH is 1. The third-order valence-corrected chi connectivity index (χ3v) is 4.97. The van der Waals surface area contributed by atoms with Crippen molar-refractivity contribution in [2.75, 3.05) is 20.2 Å². The van der Waals surface area contributed by atoms with Gasteiger partial charge in [-0.25, -0.2) is 4.79 Å². The van der Waals surface area contributed by atoms with Gasteiger partial charge < -0.3 is 20.1 Å². The number of aryl methyl sites for hydroxylation is 1. The number of benzene rings is 1. The summed E-state index contributed by atoms with van der Waals surface area (Å²) in [6.07, 6.45) is 3.79. The maximum absolute atomic E-state index is 12.5. The minimum atomic E-state index is -0.280. The number of amides is 2. The van der Waals surface area contributed by atoms with Crippen LogP contribution < -0.4 is 10.1 Å². The van der Waals surface area contributed by atoms with Crippen LogP contribution in [-0.4, -0.2) is 42.3 Å². The van der Waals surface area contributed by atoms with E-state index < -0.39 is 0 Å². The third kappa shape index (κ3) is 3.61. The summed E-state index contributed by atoms with van der Waals surface area (Å²) in [5, 5.41) is 13.1. The van der Waals surface area contributed by atoms with Gasteiger partial charge in [0.25, 0.3) is 0 Å². The lowest BCUT2D eigenvalue weighted by molar-refractivity contribution is 0.0562. The first-order valence-electron chi connectivity index (χ1n) is 8.47. The summed E-state index contributed by atoms with van der Waals surface area (Å²) >= 11 is 0. The smallest absolute Gasteiger partial charge is 0.317 e. The van der Waals surface area contributed by atoms with Crippen LogP contribution in [0.4, 0.5) is 4.79 Å². The number of carbonyl (C=O) groups excluding carboxylic acids is 1. The summed E-state index contributed by atoms with van der Waals surface area (Å²) in [4.78, 5) is 14.1. The largest absolute Gasteiger partial charge is 0.491 e. The average Bonchev–Trinajstić information content (AvgIpc) is 2.91. The van der Waals surface area contributed by atoms with Gasteiger partial charge in [0.2, 0.25) is 0 Å². The fourth-order valence-electron chi connectivity index (χ4n) is 3.55. The average molecular weight is 318 g/mol. The molecule has 2 amide bonds. The molecule has 3 atom stereocenters. The highest BCUT2D eigenvalue weighted by Gasteiger charge is 2.29. The summed E-state index contributed by atoms with van der Waals surface area (Å²) in [6, 6.07) is 5.83. The van der Waals surface area contributed by atoms with E-state index >= 15 is 0 Å². The molecule has 0 spiro atoms. The van der Waals surface area contributed by atoms with Gasteiger partial charge >= 0.3 is 6.03 Å². The van der Waals surface area contributed by atoms with Gasteiger partial charge in [0, 0.05) is 25.1 Å². The summed E-state index contributed by atoms with van der Waals surface area (Å²) in [5.74, 6) is 1.04. The number of urea groups is 1. The Labute approximate surface area is 137 Å². The fraction of sp³-hybridized carbons (Fsp3) is 0.611. The predicted molar refractivity (Wildman–Crippen MR) is 88.5 cm³/mol. The van der Waals surface area contributed by atoms with Gasteiger partial charge in [-0.2, -0.15) is 0 Å². The molecule has 3 rings (SSSR count). The fourth-order valence-corrected chi connectivity index (χ4v) is 3.55. The Morgan fingerprint density at radius 3 is 2.96 bits per heavy atom. The molecule has 3 unspecified atom stereocenters. The topological polar surface area (TPSA) is 61.8 Å². The zero-order valence-electron chi connectivity index (χ0n) is 13.9. The molecule has 1 heterocycles. The lowest BCUT2D eigenvalue weighted by atomic mass is 9.86. The second-order valence-corrected chi connectivity index (χ2v) is 6.85. The first-order valence-corrected chi connectivity index (χ1v) is 8.47. The van der Waals surface area contributed by atoms with E-state index in [1.165, 1.54) is 0 Å². The van der Waals surface area contributed by atoms with Crippen LogP contribution in [0.1, 0.15) is 42.9 Å². The summed E-state index contributed by atoms with van der Waals surface area (Å²) in [6.45, 7) is 3.11. The molecular weight excluding hydrogens is 292 g/mol. The molecule has 1 aromatic carbocycles. The Morgan fingerprint density at radius 2 is 2.17 bits per heavy atom. The summed E-state index contributed by atoms with van der Waals surface area (Å²) in [7, 11) is 1.80. The maximum Gasteiger partial charge on any atom is 0.317 e. The molecule has 0 radical (unpaired) electrons. The number of hydrogen-bond acceptors (Lipinski definition) is 3. The molecule has 5 heteroatoms. The Balaban J connectivity index is 1.58. The lowest BCUT2D eigenvalue weighted by Gasteiger charge is -2.31. The lowest BCUT2D eigenvalue weighted by Crippen LogP contribution is -2.44. The van der Waals surface area contributed by atoms with Gasteiger partial charge in [0.05, 0.1) is 12.1 Å². The van der Waals surface area contributed by atoms with Crippen molar-refractivity contribution in [2.24, 2.45) is 5.92 Å². The second kappa shape index (κ2) is 6.79. The minimum Gasteiger partial charge on any atom is -0.491 e. The van der Waals surface area contributed by atoms with Gasteiger partial charge in [0.15, 0.2) is 0 Å². The third-order valence-electron chi connectivity index (χ3n) is 4.97. The molecule has 1 aliphatic carbocycles. The van der Waals surface area contributed by atoms with E-state index in [0.29, 0.717) is 13.2 Å². The number of carbonyl (C=O) groups is 1.